The molecule has 0 fully saturated rings. The number of carbonyl (C=O) groups is 1. The first-order valence-electron chi connectivity index (χ1n) is 6.64. The van der Waals surface area contributed by atoms with E-state index in [0.717, 1.165) is 5.56 Å². The standard InChI is InChI=1S/C15H23FO2Si/c1-11(12(2)18-13(3)17)15(19(4,5)16)14-9-7-6-8-10-14/h6-12,15H,1-5H3. The fourth-order valence-corrected chi connectivity index (χ4v) is 5.13. The molecule has 4 heteroatoms. The summed E-state index contributed by atoms with van der Waals surface area (Å²) in [5.74, 6) is -0.359. The molecule has 3 unspecified atom stereocenters. The molecule has 0 aliphatic carbocycles. The van der Waals surface area contributed by atoms with E-state index in [-0.39, 0.29) is 23.5 Å². The quantitative estimate of drug-likeness (QED) is 0.462. The van der Waals surface area contributed by atoms with Crippen LogP contribution in [-0.4, -0.2) is 20.5 Å². The van der Waals surface area contributed by atoms with E-state index in [0.29, 0.717) is 0 Å². The summed E-state index contributed by atoms with van der Waals surface area (Å²) in [6.45, 7) is 8.60. The van der Waals surface area contributed by atoms with Crippen LogP contribution in [0.15, 0.2) is 30.3 Å². The number of ether oxygens (including phenoxy) is 1. The second-order valence-electron chi connectivity index (χ2n) is 5.63. The minimum Gasteiger partial charge on any atom is -0.463 e. The Labute approximate surface area is 116 Å². The van der Waals surface area contributed by atoms with E-state index in [4.69, 9.17) is 4.74 Å². The predicted octanol–water partition coefficient (Wildman–Crippen LogP) is 4.07. The van der Waals surface area contributed by atoms with E-state index in [1.165, 1.54) is 6.92 Å². The molecule has 0 N–H and O–H groups in total. The summed E-state index contributed by atoms with van der Waals surface area (Å²) in [4.78, 5) is 11.1. The Morgan fingerprint density at radius 1 is 1.21 bits per heavy atom. The van der Waals surface area contributed by atoms with Gasteiger partial charge < -0.3 is 8.84 Å². The van der Waals surface area contributed by atoms with Crippen molar-refractivity contribution in [3.63, 3.8) is 0 Å². The number of hydrogen-bond donors (Lipinski definition) is 0. The summed E-state index contributed by atoms with van der Waals surface area (Å²) >= 11 is 0. The van der Waals surface area contributed by atoms with Crippen molar-refractivity contribution in [3.8, 4) is 0 Å². The molecule has 1 aromatic rings. The fraction of sp³-hybridized carbons (Fsp3) is 0.533. The maximum Gasteiger partial charge on any atom is 0.302 e. The van der Waals surface area contributed by atoms with Gasteiger partial charge in [0.15, 0.2) is 0 Å². The van der Waals surface area contributed by atoms with Crippen molar-refractivity contribution in [1.29, 1.82) is 0 Å². The third kappa shape index (κ3) is 4.46. The van der Waals surface area contributed by atoms with Gasteiger partial charge in [-0.2, -0.15) is 0 Å². The second kappa shape index (κ2) is 6.33. The smallest absolute Gasteiger partial charge is 0.302 e. The molecular formula is C15H23FO2Si. The first kappa shape index (κ1) is 15.9. The zero-order valence-corrected chi connectivity index (χ0v) is 13.3. The number of hydrogen-bond acceptors (Lipinski definition) is 2. The van der Waals surface area contributed by atoms with Crippen molar-refractivity contribution in [2.24, 2.45) is 5.92 Å². The molecule has 1 rings (SSSR count). The van der Waals surface area contributed by atoms with Gasteiger partial charge in [-0.25, -0.2) is 0 Å². The highest BCUT2D eigenvalue weighted by Crippen LogP contribution is 2.37. The monoisotopic (exact) mass is 282 g/mol. The molecule has 0 radical (unpaired) electrons. The van der Waals surface area contributed by atoms with Crippen molar-refractivity contribution < 1.29 is 13.6 Å². The highest BCUT2D eigenvalue weighted by atomic mass is 28.4. The highest BCUT2D eigenvalue weighted by Gasteiger charge is 2.40. The van der Waals surface area contributed by atoms with Crippen molar-refractivity contribution in [2.45, 2.75) is 45.5 Å². The van der Waals surface area contributed by atoms with E-state index in [1.54, 1.807) is 13.1 Å². The normalized spacial score (nSPS) is 16.5. The van der Waals surface area contributed by atoms with Gasteiger partial charge in [0.25, 0.3) is 0 Å². The van der Waals surface area contributed by atoms with E-state index < -0.39 is 8.41 Å². The molecule has 0 aromatic heterocycles. The van der Waals surface area contributed by atoms with Crippen molar-refractivity contribution >= 4 is 14.4 Å². The van der Waals surface area contributed by atoms with Gasteiger partial charge >= 0.3 is 5.97 Å². The molecule has 1 aromatic carbocycles. The lowest BCUT2D eigenvalue weighted by atomic mass is 9.95. The van der Waals surface area contributed by atoms with Gasteiger partial charge in [-0.05, 0) is 31.5 Å². The Balaban J connectivity index is 3.02. The SMILES string of the molecule is CC(=O)OC(C)C(C)C(c1ccccc1)[Si](C)(C)F. The lowest BCUT2D eigenvalue weighted by Gasteiger charge is -2.34. The second-order valence-corrected chi connectivity index (χ2v) is 9.38. The van der Waals surface area contributed by atoms with Crippen LogP contribution >= 0.6 is 0 Å². The number of rotatable bonds is 5. The average molecular weight is 282 g/mol. The Kier molecular flexibility index (Phi) is 5.29. The predicted molar refractivity (Wildman–Crippen MR) is 78.2 cm³/mol. The molecule has 2 nitrogen and oxygen atoms in total. The Morgan fingerprint density at radius 2 is 1.74 bits per heavy atom. The minimum absolute atomic E-state index is 0.0435. The number of halogens is 1. The summed E-state index contributed by atoms with van der Waals surface area (Å²) in [6.07, 6.45) is -0.287. The zero-order chi connectivity index (χ0) is 14.6. The summed E-state index contributed by atoms with van der Waals surface area (Å²) in [6, 6.07) is 9.68. The summed E-state index contributed by atoms with van der Waals surface area (Å²) < 4.78 is 19.9. The molecule has 0 heterocycles. The summed E-state index contributed by atoms with van der Waals surface area (Å²) in [7, 11) is -2.90. The molecule has 3 atom stereocenters. The van der Waals surface area contributed by atoms with E-state index in [2.05, 4.69) is 0 Å². The lowest BCUT2D eigenvalue weighted by molar-refractivity contribution is -0.147. The molecule has 0 saturated heterocycles. The van der Waals surface area contributed by atoms with Gasteiger partial charge in [-0.3, -0.25) is 4.79 Å². The van der Waals surface area contributed by atoms with Crippen LogP contribution in [0.2, 0.25) is 13.1 Å². The largest absolute Gasteiger partial charge is 0.463 e. The Hall–Kier alpha value is -1.16. The summed E-state index contributed by atoms with van der Waals surface area (Å²) in [5, 5.41) is 0. The number of esters is 1. The number of benzene rings is 1. The molecular weight excluding hydrogens is 259 g/mol. The fourth-order valence-electron chi connectivity index (χ4n) is 2.63. The zero-order valence-electron chi connectivity index (χ0n) is 12.3. The highest BCUT2D eigenvalue weighted by molar-refractivity contribution is 6.72. The van der Waals surface area contributed by atoms with Crippen LogP contribution in [0.1, 0.15) is 31.9 Å². The van der Waals surface area contributed by atoms with Crippen LogP contribution in [0.5, 0.6) is 0 Å². The van der Waals surface area contributed by atoms with Gasteiger partial charge in [0.2, 0.25) is 8.41 Å². The van der Waals surface area contributed by atoms with Crippen LogP contribution in [0.25, 0.3) is 0 Å². The lowest BCUT2D eigenvalue weighted by Crippen LogP contribution is -2.39. The Bertz CT molecular complexity index is 414. The minimum atomic E-state index is -2.90. The molecule has 0 spiro atoms. The maximum atomic E-state index is 14.7. The van der Waals surface area contributed by atoms with Gasteiger partial charge in [0.1, 0.15) is 6.10 Å². The maximum absolute atomic E-state index is 14.7. The third-order valence-corrected chi connectivity index (χ3v) is 5.85. The number of carbonyl (C=O) groups excluding carboxylic acids is 1. The first-order chi connectivity index (χ1) is 8.73. The van der Waals surface area contributed by atoms with E-state index >= 15 is 0 Å². The van der Waals surface area contributed by atoms with Crippen molar-refractivity contribution in [2.75, 3.05) is 0 Å². The summed E-state index contributed by atoms with van der Waals surface area (Å²) in [5.41, 5.74) is 0.816. The van der Waals surface area contributed by atoms with Crippen molar-refractivity contribution in [1.82, 2.24) is 0 Å². The van der Waals surface area contributed by atoms with Crippen LogP contribution in [0.3, 0.4) is 0 Å². The van der Waals surface area contributed by atoms with Gasteiger partial charge in [-0.1, -0.05) is 37.3 Å². The molecule has 19 heavy (non-hydrogen) atoms. The van der Waals surface area contributed by atoms with Gasteiger partial charge in [0.05, 0.1) is 0 Å². The van der Waals surface area contributed by atoms with Crippen LogP contribution in [0, 0.1) is 5.92 Å². The van der Waals surface area contributed by atoms with E-state index in [1.807, 2.05) is 44.2 Å². The van der Waals surface area contributed by atoms with Crippen LogP contribution < -0.4 is 0 Å². The average Bonchev–Trinajstić information content (AvgIpc) is 2.27. The van der Waals surface area contributed by atoms with Gasteiger partial charge in [0, 0.05) is 12.5 Å². The molecule has 0 amide bonds. The molecule has 0 bridgehead atoms. The van der Waals surface area contributed by atoms with Crippen molar-refractivity contribution in [3.05, 3.63) is 35.9 Å². The third-order valence-electron chi connectivity index (χ3n) is 3.52. The molecule has 106 valence electrons. The van der Waals surface area contributed by atoms with E-state index in [9.17, 15) is 8.90 Å². The van der Waals surface area contributed by atoms with Crippen LogP contribution in [0.4, 0.5) is 4.11 Å². The van der Waals surface area contributed by atoms with Gasteiger partial charge in [-0.15, -0.1) is 0 Å². The first-order valence-corrected chi connectivity index (χ1v) is 9.60. The molecule has 0 aliphatic heterocycles. The van der Waals surface area contributed by atoms with Crippen LogP contribution in [-0.2, 0) is 9.53 Å². The molecule has 0 saturated carbocycles. The topological polar surface area (TPSA) is 26.3 Å². The molecule has 0 aliphatic rings. The Morgan fingerprint density at radius 3 is 2.16 bits per heavy atom.